The SMILES string of the molecule is CC(C)(C)Cc1nnc(NC(=O)CCS(=O)(=O)Cc2ccccc2)s1. The molecule has 0 unspecified atom stereocenters. The molecule has 0 atom stereocenters. The van der Waals surface area contributed by atoms with Crippen molar-refractivity contribution < 1.29 is 13.2 Å². The molecule has 0 spiro atoms. The topological polar surface area (TPSA) is 89.0 Å². The lowest BCUT2D eigenvalue weighted by molar-refractivity contribution is -0.115. The number of hydrogen-bond acceptors (Lipinski definition) is 6. The Morgan fingerprint density at radius 1 is 1.16 bits per heavy atom. The van der Waals surface area contributed by atoms with Gasteiger partial charge in [0, 0.05) is 12.8 Å². The molecule has 0 aliphatic rings. The number of benzene rings is 1. The highest BCUT2D eigenvalue weighted by Crippen LogP contribution is 2.24. The van der Waals surface area contributed by atoms with Crippen LogP contribution in [0.15, 0.2) is 30.3 Å². The molecule has 136 valence electrons. The normalized spacial score (nSPS) is 12.1. The van der Waals surface area contributed by atoms with Gasteiger partial charge in [-0.15, -0.1) is 10.2 Å². The molecule has 8 heteroatoms. The second-order valence-corrected chi connectivity index (χ2v) is 10.4. The minimum absolute atomic E-state index is 0.0599. The molecule has 25 heavy (non-hydrogen) atoms. The molecule has 0 saturated carbocycles. The fourth-order valence-corrected chi connectivity index (χ4v) is 4.56. The van der Waals surface area contributed by atoms with Crippen LogP contribution in [0.25, 0.3) is 0 Å². The molecule has 0 radical (unpaired) electrons. The van der Waals surface area contributed by atoms with Crippen molar-refractivity contribution in [1.82, 2.24) is 10.2 Å². The summed E-state index contributed by atoms with van der Waals surface area (Å²) in [6, 6.07) is 8.94. The van der Waals surface area contributed by atoms with E-state index in [1.165, 1.54) is 11.3 Å². The number of aromatic nitrogens is 2. The van der Waals surface area contributed by atoms with Gasteiger partial charge in [0.2, 0.25) is 11.0 Å². The fraction of sp³-hybridized carbons (Fsp3) is 0.471. The van der Waals surface area contributed by atoms with Gasteiger partial charge in [-0.1, -0.05) is 62.4 Å². The Labute approximate surface area is 152 Å². The summed E-state index contributed by atoms with van der Waals surface area (Å²) < 4.78 is 24.2. The average molecular weight is 382 g/mol. The van der Waals surface area contributed by atoms with E-state index in [0.29, 0.717) is 5.13 Å². The van der Waals surface area contributed by atoms with E-state index < -0.39 is 9.84 Å². The van der Waals surface area contributed by atoms with Crippen LogP contribution in [-0.2, 0) is 26.8 Å². The molecule has 6 nitrogen and oxygen atoms in total. The maximum atomic E-state index is 12.1. The lowest BCUT2D eigenvalue weighted by Gasteiger charge is -2.14. The summed E-state index contributed by atoms with van der Waals surface area (Å²) in [5.74, 6) is -0.619. The molecule has 0 fully saturated rings. The predicted molar refractivity (Wildman–Crippen MR) is 100 cm³/mol. The Morgan fingerprint density at radius 3 is 2.48 bits per heavy atom. The Morgan fingerprint density at radius 2 is 1.84 bits per heavy atom. The number of anilines is 1. The van der Waals surface area contributed by atoms with Gasteiger partial charge in [0.05, 0.1) is 11.5 Å². The van der Waals surface area contributed by atoms with Crippen LogP contribution in [0.3, 0.4) is 0 Å². The third-order valence-electron chi connectivity index (χ3n) is 3.26. The molecule has 1 aromatic carbocycles. The first kappa shape index (κ1) is 19.5. The van der Waals surface area contributed by atoms with Crippen LogP contribution in [0.1, 0.15) is 37.8 Å². The molecule has 0 saturated heterocycles. The average Bonchev–Trinajstić information content (AvgIpc) is 2.91. The van der Waals surface area contributed by atoms with Gasteiger partial charge in [0.1, 0.15) is 5.01 Å². The van der Waals surface area contributed by atoms with Gasteiger partial charge in [-0.25, -0.2) is 8.42 Å². The van der Waals surface area contributed by atoms with E-state index in [1.807, 2.05) is 6.07 Å². The number of hydrogen-bond donors (Lipinski definition) is 1. The number of carbonyl (C=O) groups excluding carboxylic acids is 1. The van der Waals surface area contributed by atoms with E-state index in [2.05, 4.69) is 36.3 Å². The van der Waals surface area contributed by atoms with Gasteiger partial charge in [-0.2, -0.15) is 0 Å². The van der Waals surface area contributed by atoms with Crippen molar-refractivity contribution in [2.24, 2.45) is 5.41 Å². The molecule has 0 aliphatic heterocycles. The molecular formula is C17H23N3O3S2. The summed E-state index contributed by atoms with van der Waals surface area (Å²) in [6.07, 6.45) is 0.676. The summed E-state index contributed by atoms with van der Waals surface area (Å²) in [5.41, 5.74) is 0.811. The minimum atomic E-state index is -3.33. The number of rotatable bonds is 7. The molecule has 1 N–H and O–H groups in total. The Kier molecular flexibility index (Phi) is 6.29. The van der Waals surface area contributed by atoms with Gasteiger partial charge < -0.3 is 5.32 Å². The first-order valence-electron chi connectivity index (χ1n) is 8.00. The maximum absolute atomic E-state index is 12.1. The van der Waals surface area contributed by atoms with Crippen molar-refractivity contribution in [3.05, 3.63) is 40.9 Å². The standard InChI is InChI=1S/C17H23N3O3S2/c1-17(2,3)11-15-19-20-16(24-15)18-14(21)9-10-25(22,23)12-13-7-5-4-6-8-13/h4-8H,9-12H2,1-3H3,(H,18,20,21). The molecule has 1 aromatic heterocycles. The summed E-state index contributed by atoms with van der Waals surface area (Å²) in [5, 5.41) is 11.9. The monoisotopic (exact) mass is 381 g/mol. The summed E-state index contributed by atoms with van der Waals surface area (Å²) >= 11 is 1.32. The second-order valence-electron chi connectivity index (χ2n) is 7.11. The quantitative estimate of drug-likeness (QED) is 0.796. The van der Waals surface area contributed by atoms with Crippen molar-refractivity contribution in [3.8, 4) is 0 Å². The minimum Gasteiger partial charge on any atom is -0.301 e. The van der Waals surface area contributed by atoms with Crippen LogP contribution in [0, 0.1) is 5.41 Å². The van der Waals surface area contributed by atoms with Crippen LogP contribution in [-0.4, -0.2) is 30.3 Å². The second kappa shape index (κ2) is 8.05. The number of carbonyl (C=O) groups is 1. The highest BCUT2D eigenvalue weighted by atomic mass is 32.2. The van der Waals surface area contributed by atoms with E-state index >= 15 is 0 Å². The Balaban J connectivity index is 1.84. The zero-order chi connectivity index (χ0) is 18.5. The molecule has 2 rings (SSSR count). The predicted octanol–water partition coefficient (Wildman–Crippen LogP) is 3.07. The van der Waals surface area contributed by atoms with E-state index in [9.17, 15) is 13.2 Å². The van der Waals surface area contributed by atoms with Crippen LogP contribution < -0.4 is 5.32 Å². The molecule has 2 aromatic rings. The molecular weight excluding hydrogens is 358 g/mol. The van der Waals surface area contributed by atoms with Gasteiger partial charge in [0.25, 0.3) is 0 Å². The highest BCUT2D eigenvalue weighted by molar-refractivity contribution is 7.90. The first-order chi connectivity index (χ1) is 11.6. The van der Waals surface area contributed by atoms with Crippen LogP contribution in [0.5, 0.6) is 0 Å². The number of nitrogens with zero attached hydrogens (tertiary/aromatic N) is 2. The molecule has 0 aliphatic carbocycles. The van der Waals surface area contributed by atoms with Crippen molar-refractivity contribution in [2.75, 3.05) is 11.1 Å². The van der Waals surface area contributed by atoms with Crippen LogP contribution >= 0.6 is 11.3 Å². The largest absolute Gasteiger partial charge is 0.301 e. The van der Waals surface area contributed by atoms with E-state index in [-0.39, 0.29) is 29.2 Å². The van der Waals surface area contributed by atoms with Crippen LogP contribution in [0.4, 0.5) is 5.13 Å². The van der Waals surface area contributed by atoms with Gasteiger partial charge in [-0.3, -0.25) is 4.79 Å². The first-order valence-corrected chi connectivity index (χ1v) is 10.6. The maximum Gasteiger partial charge on any atom is 0.227 e. The Bertz CT molecular complexity index is 809. The lowest BCUT2D eigenvalue weighted by Crippen LogP contribution is -2.18. The zero-order valence-electron chi connectivity index (χ0n) is 14.7. The smallest absolute Gasteiger partial charge is 0.227 e. The summed E-state index contributed by atoms with van der Waals surface area (Å²) in [6.45, 7) is 6.30. The van der Waals surface area contributed by atoms with Crippen molar-refractivity contribution in [1.29, 1.82) is 0 Å². The van der Waals surface area contributed by atoms with Crippen LogP contribution in [0.2, 0.25) is 0 Å². The van der Waals surface area contributed by atoms with Crippen molar-refractivity contribution in [3.63, 3.8) is 0 Å². The van der Waals surface area contributed by atoms with Crippen molar-refractivity contribution in [2.45, 2.75) is 39.4 Å². The fourth-order valence-electron chi connectivity index (χ4n) is 2.16. The van der Waals surface area contributed by atoms with Gasteiger partial charge in [-0.05, 0) is 11.0 Å². The third-order valence-corrected chi connectivity index (χ3v) is 5.70. The van der Waals surface area contributed by atoms with E-state index in [4.69, 9.17) is 0 Å². The lowest BCUT2D eigenvalue weighted by atomic mass is 9.93. The van der Waals surface area contributed by atoms with Crippen molar-refractivity contribution >= 4 is 32.2 Å². The van der Waals surface area contributed by atoms with E-state index in [1.54, 1.807) is 24.3 Å². The summed E-state index contributed by atoms with van der Waals surface area (Å²) in [4.78, 5) is 12.0. The summed E-state index contributed by atoms with van der Waals surface area (Å²) in [7, 11) is -3.33. The Hall–Kier alpha value is -1.80. The number of amides is 1. The third kappa shape index (κ3) is 7.31. The highest BCUT2D eigenvalue weighted by Gasteiger charge is 2.18. The number of nitrogens with one attached hydrogen (secondary N) is 1. The molecule has 1 amide bonds. The zero-order valence-corrected chi connectivity index (χ0v) is 16.3. The number of sulfone groups is 1. The van der Waals surface area contributed by atoms with E-state index in [0.717, 1.165) is 17.0 Å². The van der Waals surface area contributed by atoms with Gasteiger partial charge >= 0.3 is 0 Å². The molecule has 0 bridgehead atoms. The molecule has 1 heterocycles. The van der Waals surface area contributed by atoms with Gasteiger partial charge in [0.15, 0.2) is 9.84 Å².